The van der Waals surface area contributed by atoms with Crippen molar-refractivity contribution in [2.75, 3.05) is 7.11 Å². The van der Waals surface area contributed by atoms with Gasteiger partial charge in [0.25, 0.3) is 5.56 Å². The van der Waals surface area contributed by atoms with E-state index in [1.165, 1.54) is 17.9 Å². The summed E-state index contributed by atoms with van der Waals surface area (Å²) in [5.74, 6) is 0. The molecule has 5 heteroatoms. The Morgan fingerprint density at radius 2 is 2.38 bits per heavy atom. The van der Waals surface area contributed by atoms with Gasteiger partial charge in [0.05, 0.1) is 19.2 Å². The van der Waals surface area contributed by atoms with Gasteiger partial charge in [-0.1, -0.05) is 0 Å². The van der Waals surface area contributed by atoms with Crippen LogP contribution in [0.4, 0.5) is 0 Å². The normalized spacial score (nSPS) is 9.69. The molecule has 13 heavy (non-hydrogen) atoms. The summed E-state index contributed by atoms with van der Waals surface area (Å²) in [5.41, 5.74) is 0.598. The molecule has 1 rings (SSSR count). The molecule has 0 N–H and O–H groups in total. The molecule has 70 valence electrons. The summed E-state index contributed by atoms with van der Waals surface area (Å²) in [6, 6.07) is 3.11. The van der Waals surface area contributed by atoms with Gasteiger partial charge in [0.2, 0.25) is 0 Å². The standard InChI is InChI=1S/C8H10N2O2S/c1-10-7(11)4-3-6(9-10)5-8(13)12-2/h3-4H,5H2,1-2H3. The van der Waals surface area contributed by atoms with Gasteiger partial charge in [0.1, 0.15) is 0 Å². The van der Waals surface area contributed by atoms with E-state index >= 15 is 0 Å². The Hall–Kier alpha value is -1.23. The van der Waals surface area contributed by atoms with Gasteiger partial charge in [0.15, 0.2) is 5.05 Å². The molecule has 0 aliphatic carbocycles. The van der Waals surface area contributed by atoms with Crippen LogP contribution < -0.4 is 5.56 Å². The number of aromatic nitrogens is 2. The maximum atomic E-state index is 11.0. The van der Waals surface area contributed by atoms with Crippen LogP contribution in [0, 0.1) is 0 Å². The smallest absolute Gasteiger partial charge is 0.266 e. The van der Waals surface area contributed by atoms with Crippen molar-refractivity contribution in [3.05, 3.63) is 28.2 Å². The average Bonchev–Trinajstić information content (AvgIpc) is 2.11. The molecule has 0 saturated heterocycles. The van der Waals surface area contributed by atoms with E-state index in [1.54, 1.807) is 13.1 Å². The van der Waals surface area contributed by atoms with Gasteiger partial charge in [-0.2, -0.15) is 5.10 Å². The van der Waals surface area contributed by atoms with Crippen molar-refractivity contribution < 1.29 is 4.74 Å². The molecule has 0 radical (unpaired) electrons. The van der Waals surface area contributed by atoms with E-state index < -0.39 is 0 Å². The summed E-state index contributed by atoms with van der Waals surface area (Å²) in [7, 11) is 3.12. The number of methoxy groups -OCH3 is 1. The first-order valence-electron chi connectivity index (χ1n) is 3.73. The SMILES string of the molecule is COC(=S)Cc1ccc(=O)n(C)n1. The van der Waals surface area contributed by atoms with Gasteiger partial charge in [-0.05, 0) is 18.3 Å². The lowest BCUT2D eigenvalue weighted by atomic mass is 10.3. The second-order valence-corrected chi connectivity index (χ2v) is 2.99. The zero-order valence-corrected chi connectivity index (χ0v) is 8.30. The van der Waals surface area contributed by atoms with Crippen LogP contribution in [0.15, 0.2) is 16.9 Å². The molecule has 0 spiro atoms. The third kappa shape index (κ3) is 2.62. The zero-order chi connectivity index (χ0) is 9.84. The van der Waals surface area contributed by atoms with Crippen molar-refractivity contribution in [1.82, 2.24) is 9.78 Å². The first kappa shape index (κ1) is 9.85. The maximum Gasteiger partial charge on any atom is 0.266 e. The monoisotopic (exact) mass is 198 g/mol. The molecule has 0 amide bonds. The number of hydrogen-bond acceptors (Lipinski definition) is 4. The predicted molar refractivity (Wildman–Crippen MR) is 52.8 cm³/mol. The van der Waals surface area contributed by atoms with Gasteiger partial charge >= 0.3 is 0 Å². The quantitative estimate of drug-likeness (QED) is 0.641. The molecule has 4 nitrogen and oxygen atoms in total. The molecule has 0 bridgehead atoms. The van der Waals surface area contributed by atoms with Crippen LogP contribution >= 0.6 is 12.2 Å². The lowest BCUT2D eigenvalue weighted by Crippen LogP contribution is -2.20. The van der Waals surface area contributed by atoms with Crippen molar-refractivity contribution >= 4 is 17.3 Å². The molecule has 1 aromatic rings. The third-order valence-corrected chi connectivity index (χ3v) is 1.88. The topological polar surface area (TPSA) is 44.1 Å². The number of rotatable bonds is 2. The fourth-order valence-corrected chi connectivity index (χ4v) is 1.01. The van der Waals surface area contributed by atoms with Crippen LogP contribution in [0.5, 0.6) is 0 Å². The van der Waals surface area contributed by atoms with Gasteiger partial charge < -0.3 is 4.74 Å². The Morgan fingerprint density at radius 1 is 1.69 bits per heavy atom. The van der Waals surface area contributed by atoms with E-state index in [4.69, 9.17) is 17.0 Å². The molecule has 0 aromatic carbocycles. The molecule has 0 atom stereocenters. The second kappa shape index (κ2) is 4.13. The van der Waals surface area contributed by atoms with Gasteiger partial charge in [-0.25, -0.2) is 4.68 Å². The van der Waals surface area contributed by atoms with Crippen LogP contribution in [-0.4, -0.2) is 21.9 Å². The molecule has 1 heterocycles. The molecule has 0 saturated carbocycles. The number of nitrogens with zero attached hydrogens (tertiary/aromatic N) is 2. The summed E-state index contributed by atoms with van der Waals surface area (Å²) in [5, 5.41) is 4.46. The lowest BCUT2D eigenvalue weighted by molar-refractivity contribution is 0.405. The van der Waals surface area contributed by atoms with Crippen molar-refractivity contribution in [1.29, 1.82) is 0 Å². The number of thiocarbonyl (C=S) groups is 1. The molecule has 0 aliphatic rings. The minimum absolute atomic E-state index is 0.132. The highest BCUT2D eigenvalue weighted by Gasteiger charge is 2.01. The first-order valence-corrected chi connectivity index (χ1v) is 4.14. The van der Waals surface area contributed by atoms with E-state index in [0.29, 0.717) is 11.5 Å². The summed E-state index contributed by atoms with van der Waals surface area (Å²) < 4.78 is 6.10. The fraction of sp³-hybridized carbons (Fsp3) is 0.375. The first-order chi connectivity index (χ1) is 6.13. The fourth-order valence-electron chi connectivity index (χ4n) is 0.865. The van der Waals surface area contributed by atoms with Crippen LogP contribution in [0.25, 0.3) is 0 Å². The summed E-state index contributed by atoms with van der Waals surface area (Å²) in [4.78, 5) is 11.0. The lowest BCUT2D eigenvalue weighted by Gasteiger charge is -2.02. The van der Waals surface area contributed by atoms with E-state index in [9.17, 15) is 4.79 Å². The average molecular weight is 198 g/mol. The minimum Gasteiger partial charge on any atom is -0.490 e. The summed E-state index contributed by atoms with van der Waals surface area (Å²) in [6.45, 7) is 0. The molecule has 0 unspecified atom stereocenters. The van der Waals surface area contributed by atoms with Crippen LogP contribution in [0.3, 0.4) is 0 Å². The van der Waals surface area contributed by atoms with Crippen molar-refractivity contribution in [2.24, 2.45) is 7.05 Å². The Bertz CT molecular complexity index is 373. The number of aryl methyl sites for hydroxylation is 1. The Balaban J connectivity index is 2.86. The molecule has 0 aliphatic heterocycles. The molecule has 1 aromatic heterocycles. The van der Waals surface area contributed by atoms with E-state index in [0.717, 1.165) is 5.69 Å². The van der Waals surface area contributed by atoms with Gasteiger partial charge in [-0.15, -0.1) is 0 Å². The van der Waals surface area contributed by atoms with E-state index in [1.807, 2.05) is 0 Å². The third-order valence-electron chi connectivity index (χ3n) is 1.57. The summed E-state index contributed by atoms with van der Waals surface area (Å²) in [6.07, 6.45) is 0.458. The van der Waals surface area contributed by atoms with Crippen LogP contribution in [0.1, 0.15) is 5.69 Å². The van der Waals surface area contributed by atoms with Gasteiger partial charge in [0, 0.05) is 13.1 Å². The van der Waals surface area contributed by atoms with E-state index in [2.05, 4.69) is 5.10 Å². The van der Waals surface area contributed by atoms with E-state index in [-0.39, 0.29) is 5.56 Å². The molecular weight excluding hydrogens is 188 g/mol. The minimum atomic E-state index is -0.132. The molecule has 0 fully saturated rings. The second-order valence-electron chi connectivity index (χ2n) is 2.54. The van der Waals surface area contributed by atoms with Crippen molar-refractivity contribution in [2.45, 2.75) is 6.42 Å². The van der Waals surface area contributed by atoms with Gasteiger partial charge in [-0.3, -0.25) is 4.79 Å². The molecular formula is C8H10N2O2S. The highest BCUT2D eigenvalue weighted by atomic mass is 32.1. The Labute approximate surface area is 81.1 Å². The van der Waals surface area contributed by atoms with Crippen LogP contribution in [-0.2, 0) is 18.2 Å². The maximum absolute atomic E-state index is 11.0. The number of hydrogen-bond donors (Lipinski definition) is 0. The Morgan fingerprint density at radius 3 is 2.92 bits per heavy atom. The summed E-state index contributed by atoms with van der Waals surface area (Å²) >= 11 is 4.86. The Kier molecular flexibility index (Phi) is 3.13. The largest absolute Gasteiger partial charge is 0.490 e. The predicted octanol–water partition coefficient (Wildman–Crippen LogP) is 0.297. The highest BCUT2D eigenvalue weighted by Crippen LogP contribution is 1.94. The highest BCUT2D eigenvalue weighted by molar-refractivity contribution is 7.80. The van der Waals surface area contributed by atoms with Crippen LogP contribution in [0.2, 0.25) is 0 Å². The van der Waals surface area contributed by atoms with Crippen molar-refractivity contribution in [3.8, 4) is 0 Å². The van der Waals surface area contributed by atoms with Crippen molar-refractivity contribution in [3.63, 3.8) is 0 Å². The number of ether oxygens (including phenoxy) is 1. The zero-order valence-electron chi connectivity index (χ0n) is 7.48.